The Kier molecular flexibility index (Phi) is 4.07. The normalized spacial score (nSPS) is 14.4. The third kappa shape index (κ3) is 2.88. The molecule has 0 amide bonds. The van der Waals surface area contributed by atoms with E-state index < -0.39 is 0 Å². The third-order valence-corrected chi connectivity index (χ3v) is 2.91. The van der Waals surface area contributed by atoms with Crippen molar-refractivity contribution in [3.05, 3.63) is 29.7 Å². The molecule has 0 saturated heterocycles. The minimum atomic E-state index is 0. The number of benzene rings is 1. The van der Waals surface area contributed by atoms with Gasteiger partial charge >= 0.3 is 0 Å². The van der Waals surface area contributed by atoms with Gasteiger partial charge in [-0.05, 0) is 30.7 Å². The van der Waals surface area contributed by atoms with Crippen molar-refractivity contribution >= 4 is 12.4 Å². The van der Waals surface area contributed by atoms with Crippen molar-refractivity contribution < 1.29 is 9.26 Å². The molecular weight excluding hydrogens is 266 g/mol. The average molecular weight is 282 g/mol. The smallest absolute Gasteiger partial charge is 0.228 e. The molecule has 0 bridgehead atoms. The lowest BCUT2D eigenvalue weighted by Gasteiger charge is -2.00. The number of ether oxygens (including phenoxy) is 1. The third-order valence-electron chi connectivity index (χ3n) is 2.91. The monoisotopic (exact) mass is 281 g/mol. The van der Waals surface area contributed by atoms with E-state index in [-0.39, 0.29) is 18.4 Å². The summed E-state index contributed by atoms with van der Waals surface area (Å²) in [6, 6.07) is 5.99. The van der Waals surface area contributed by atoms with Gasteiger partial charge in [-0.3, -0.25) is 0 Å². The van der Waals surface area contributed by atoms with Gasteiger partial charge in [0.25, 0.3) is 0 Å². The quantitative estimate of drug-likeness (QED) is 0.931. The number of hydrogen-bond acceptors (Lipinski definition) is 5. The first-order chi connectivity index (χ1) is 8.72. The standard InChI is InChI=1S/C13H15N3O2.ClH/c1-8(14)6-12-15-13(16-18-12)10-2-3-11-9(7-10)4-5-17-11;/h2-3,7-8H,4-6,14H2,1H3;1H. The molecule has 0 fully saturated rings. The SMILES string of the molecule is CC(N)Cc1nc(-c2ccc3c(c2)CCO3)no1.Cl. The Bertz CT molecular complexity index is 569. The largest absolute Gasteiger partial charge is 0.493 e. The summed E-state index contributed by atoms with van der Waals surface area (Å²) in [6.07, 6.45) is 1.54. The van der Waals surface area contributed by atoms with E-state index in [0.29, 0.717) is 18.1 Å². The fourth-order valence-corrected chi connectivity index (χ4v) is 2.06. The zero-order chi connectivity index (χ0) is 12.5. The highest BCUT2D eigenvalue weighted by atomic mass is 35.5. The van der Waals surface area contributed by atoms with Gasteiger partial charge in [0.15, 0.2) is 0 Å². The lowest BCUT2D eigenvalue weighted by atomic mass is 10.1. The maximum Gasteiger partial charge on any atom is 0.228 e. The second-order valence-corrected chi connectivity index (χ2v) is 4.61. The Morgan fingerprint density at radius 2 is 2.26 bits per heavy atom. The summed E-state index contributed by atoms with van der Waals surface area (Å²) in [4.78, 5) is 4.35. The van der Waals surface area contributed by atoms with Crippen LogP contribution < -0.4 is 10.5 Å². The van der Waals surface area contributed by atoms with Gasteiger partial charge in [0.1, 0.15) is 5.75 Å². The summed E-state index contributed by atoms with van der Waals surface area (Å²) in [5, 5.41) is 3.98. The van der Waals surface area contributed by atoms with Gasteiger partial charge < -0.3 is 15.0 Å². The second-order valence-electron chi connectivity index (χ2n) is 4.61. The van der Waals surface area contributed by atoms with Crippen LogP contribution in [0.4, 0.5) is 0 Å². The van der Waals surface area contributed by atoms with E-state index in [1.807, 2.05) is 19.1 Å². The van der Waals surface area contributed by atoms with Crippen molar-refractivity contribution in [2.24, 2.45) is 5.73 Å². The highest BCUT2D eigenvalue weighted by Gasteiger charge is 2.15. The molecule has 5 nitrogen and oxygen atoms in total. The summed E-state index contributed by atoms with van der Waals surface area (Å²) in [6.45, 7) is 2.66. The van der Waals surface area contributed by atoms with Gasteiger partial charge in [0, 0.05) is 24.4 Å². The molecule has 1 atom stereocenters. The minimum Gasteiger partial charge on any atom is -0.493 e. The van der Waals surface area contributed by atoms with Crippen LogP contribution in [0.1, 0.15) is 18.4 Å². The van der Waals surface area contributed by atoms with E-state index in [1.165, 1.54) is 5.56 Å². The van der Waals surface area contributed by atoms with E-state index in [1.54, 1.807) is 0 Å². The van der Waals surface area contributed by atoms with Crippen LogP contribution in [0.5, 0.6) is 5.75 Å². The van der Waals surface area contributed by atoms with Gasteiger partial charge in [-0.1, -0.05) is 5.16 Å². The molecule has 0 spiro atoms. The topological polar surface area (TPSA) is 74.2 Å². The molecule has 1 aromatic heterocycles. The fourth-order valence-electron chi connectivity index (χ4n) is 2.06. The Morgan fingerprint density at radius 1 is 1.42 bits per heavy atom. The zero-order valence-electron chi connectivity index (χ0n) is 10.6. The van der Waals surface area contributed by atoms with Crippen molar-refractivity contribution in [2.45, 2.75) is 25.8 Å². The lowest BCUT2D eigenvalue weighted by molar-refractivity contribution is 0.357. The molecular formula is C13H16ClN3O2. The highest BCUT2D eigenvalue weighted by molar-refractivity contribution is 5.85. The summed E-state index contributed by atoms with van der Waals surface area (Å²) < 4.78 is 10.6. The van der Waals surface area contributed by atoms with Gasteiger partial charge in [0.05, 0.1) is 6.61 Å². The lowest BCUT2D eigenvalue weighted by Crippen LogP contribution is -2.17. The maximum atomic E-state index is 5.70. The van der Waals surface area contributed by atoms with E-state index >= 15 is 0 Å². The van der Waals surface area contributed by atoms with Crippen LogP contribution in [0.3, 0.4) is 0 Å². The Morgan fingerprint density at radius 3 is 3.05 bits per heavy atom. The summed E-state index contributed by atoms with van der Waals surface area (Å²) >= 11 is 0. The summed E-state index contributed by atoms with van der Waals surface area (Å²) in [5.74, 6) is 2.15. The number of fused-ring (bicyclic) bond motifs is 1. The van der Waals surface area contributed by atoms with Crippen LogP contribution in [0.2, 0.25) is 0 Å². The number of hydrogen-bond donors (Lipinski definition) is 1. The number of nitrogens with two attached hydrogens (primary N) is 1. The molecule has 0 radical (unpaired) electrons. The van der Waals surface area contributed by atoms with E-state index in [2.05, 4.69) is 16.2 Å². The van der Waals surface area contributed by atoms with Crippen molar-refractivity contribution in [1.29, 1.82) is 0 Å². The molecule has 1 unspecified atom stereocenters. The van der Waals surface area contributed by atoms with Crippen molar-refractivity contribution in [3.63, 3.8) is 0 Å². The van der Waals surface area contributed by atoms with Crippen LogP contribution in [0.25, 0.3) is 11.4 Å². The molecule has 0 saturated carbocycles. The second kappa shape index (κ2) is 5.59. The number of halogens is 1. The van der Waals surface area contributed by atoms with Crippen LogP contribution in [0.15, 0.2) is 22.7 Å². The first-order valence-electron chi connectivity index (χ1n) is 6.06. The molecule has 2 N–H and O–H groups in total. The fraction of sp³-hybridized carbons (Fsp3) is 0.385. The zero-order valence-corrected chi connectivity index (χ0v) is 11.4. The van der Waals surface area contributed by atoms with E-state index in [0.717, 1.165) is 24.3 Å². The van der Waals surface area contributed by atoms with Gasteiger partial charge in [-0.25, -0.2) is 0 Å². The summed E-state index contributed by atoms with van der Waals surface area (Å²) in [5.41, 5.74) is 7.86. The van der Waals surface area contributed by atoms with E-state index in [9.17, 15) is 0 Å². The summed E-state index contributed by atoms with van der Waals surface area (Å²) in [7, 11) is 0. The highest BCUT2D eigenvalue weighted by Crippen LogP contribution is 2.29. The molecule has 1 aromatic carbocycles. The molecule has 3 rings (SSSR count). The molecule has 1 aliphatic rings. The number of rotatable bonds is 3. The Hall–Kier alpha value is -1.59. The maximum absolute atomic E-state index is 5.70. The van der Waals surface area contributed by atoms with E-state index in [4.69, 9.17) is 15.0 Å². The minimum absolute atomic E-state index is 0. The van der Waals surface area contributed by atoms with Crippen LogP contribution in [-0.2, 0) is 12.8 Å². The van der Waals surface area contributed by atoms with Gasteiger partial charge in [-0.2, -0.15) is 4.98 Å². The first-order valence-corrected chi connectivity index (χ1v) is 6.06. The van der Waals surface area contributed by atoms with Gasteiger partial charge in [-0.15, -0.1) is 12.4 Å². The molecule has 19 heavy (non-hydrogen) atoms. The first kappa shape index (κ1) is 13.8. The van der Waals surface area contributed by atoms with Crippen molar-refractivity contribution in [2.75, 3.05) is 6.61 Å². The van der Waals surface area contributed by atoms with Gasteiger partial charge in [0.2, 0.25) is 11.7 Å². The number of aromatic nitrogens is 2. The van der Waals surface area contributed by atoms with Crippen LogP contribution in [0, 0.1) is 0 Å². The molecule has 1 aliphatic heterocycles. The van der Waals surface area contributed by atoms with Crippen molar-refractivity contribution in [1.82, 2.24) is 10.1 Å². The number of nitrogens with zero attached hydrogens (tertiary/aromatic N) is 2. The Balaban J connectivity index is 0.00000133. The molecule has 2 aromatic rings. The molecule has 2 heterocycles. The Labute approximate surface area is 117 Å². The predicted molar refractivity (Wildman–Crippen MR) is 73.5 cm³/mol. The predicted octanol–water partition coefficient (Wildman–Crippen LogP) is 1.98. The van der Waals surface area contributed by atoms with Crippen LogP contribution in [-0.4, -0.2) is 22.8 Å². The molecule has 6 heteroatoms. The average Bonchev–Trinajstić information content (AvgIpc) is 2.95. The molecule has 102 valence electrons. The molecule has 0 aliphatic carbocycles. The van der Waals surface area contributed by atoms with Crippen molar-refractivity contribution in [3.8, 4) is 17.1 Å². The van der Waals surface area contributed by atoms with Crippen LogP contribution >= 0.6 is 12.4 Å².